The SMILES string of the molecule is Cc1cc(-c2nc(-c3ccccn3)nc(-c3ccccn3)n2)ccc1-c1ccc2ncccc2c1. The highest BCUT2D eigenvalue weighted by Crippen LogP contribution is 2.30. The number of hydrogen-bond donors (Lipinski definition) is 0. The maximum absolute atomic E-state index is 4.76. The Kier molecular flexibility index (Phi) is 5.24. The summed E-state index contributed by atoms with van der Waals surface area (Å²) in [6, 6.07) is 28.0. The van der Waals surface area contributed by atoms with Gasteiger partial charge in [-0.1, -0.05) is 36.4 Å². The Morgan fingerprint density at radius 2 is 1.17 bits per heavy atom. The quantitative estimate of drug-likeness (QED) is 0.318. The fourth-order valence-electron chi connectivity index (χ4n) is 4.09. The van der Waals surface area contributed by atoms with Crippen molar-refractivity contribution in [2.75, 3.05) is 0 Å². The lowest BCUT2D eigenvalue weighted by Gasteiger charge is -2.11. The van der Waals surface area contributed by atoms with Crippen LogP contribution in [0.3, 0.4) is 0 Å². The number of aryl methyl sites for hydroxylation is 1. The monoisotopic (exact) mass is 452 g/mol. The maximum Gasteiger partial charge on any atom is 0.182 e. The molecule has 0 atom stereocenters. The molecule has 4 aromatic heterocycles. The molecular formula is C29H20N6. The van der Waals surface area contributed by atoms with Crippen molar-refractivity contribution in [2.24, 2.45) is 0 Å². The van der Waals surface area contributed by atoms with Crippen LogP contribution < -0.4 is 0 Å². The molecule has 0 aliphatic rings. The van der Waals surface area contributed by atoms with Crippen LogP contribution in [0.2, 0.25) is 0 Å². The van der Waals surface area contributed by atoms with E-state index in [0.29, 0.717) is 28.9 Å². The van der Waals surface area contributed by atoms with Crippen LogP contribution >= 0.6 is 0 Å². The fourth-order valence-corrected chi connectivity index (χ4v) is 4.09. The van der Waals surface area contributed by atoms with Crippen LogP contribution in [0.5, 0.6) is 0 Å². The summed E-state index contributed by atoms with van der Waals surface area (Å²) >= 11 is 0. The van der Waals surface area contributed by atoms with Gasteiger partial charge in [0.2, 0.25) is 0 Å². The van der Waals surface area contributed by atoms with Gasteiger partial charge >= 0.3 is 0 Å². The van der Waals surface area contributed by atoms with Crippen LogP contribution in [-0.4, -0.2) is 29.9 Å². The molecule has 0 radical (unpaired) electrons. The zero-order valence-corrected chi connectivity index (χ0v) is 19.0. The van der Waals surface area contributed by atoms with Crippen LogP contribution in [0, 0.1) is 6.92 Å². The summed E-state index contributed by atoms with van der Waals surface area (Å²) in [7, 11) is 0. The van der Waals surface area contributed by atoms with Crippen LogP contribution in [0.15, 0.2) is 104 Å². The van der Waals surface area contributed by atoms with E-state index in [1.165, 1.54) is 0 Å². The van der Waals surface area contributed by atoms with Gasteiger partial charge in [-0.05, 0) is 72.1 Å². The Labute approximate surface area is 202 Å². The summed E-state index contributed by atoms with van der Waals surface area (Å²) in [4.78, 5) is 27.5. The minimum atomic E-state index is 0.514. The molecule has 2 aromatic carbocycles. The molecule has 6 rings (SSSR count). The van der Waals surface area contributed by atoms with Gasteiger partial charge in [-0.3, -0.25) is 15.0 Å². The largest absolute Gasteiger partial charge is 0.256 e. The highest BCUT2D eigenvalue weighted by Gasteiger charge is 2.14. The molecule has 0 aliphatic heterocycles. The minimum Gasteiger partial charge on any atom is -0.256 e. The Hall–Kier alpha value is -4.84. The lowest BCUT2D eigenvalue weighted by molar-refractivity contribution is 1.05. The Bertz CT molecular complexity index is 1590. The van der Waals surface area contributed by atoms with Gasteiger partial charge in [0.25, 0.3) is 0 Å². The van der Waals surface area contributed by atoms with Crippen molar-refractivity contribution in [1.82, 2.24) is 29.9 Å². The average Bonchev–Trinajstić information content (AvgIpc) is 2.93. The summed E-state index contributed by atoms with van der Waals surface area (Å²) < 4.78 is 0. The molecule has 0 fully saturated rings. The van der Waals surface area contributed by atoms with Crippen molar-refractivity contribution < 1.29 is 0 Å². The molecule has 0 unspecified atom stereocenters. The van der Waals surface area contributed by atoms with Crippen molar-refractivity contribution in [3.63, 3.8) is 0 Å². The first-order valence-electron chi connectivity index (χ1n) is 11.3. The summed E-state index contributed by atoms with van der Waals surface area (Å²) in [5, 5.41) is 1.12. The van der Waals surface area contributed by atoms with Crippen LogP contribution in [0.4, 0.5) is 0 Å². The molecule has 0 bridgehead atoms. The Balaban J connectivity index is 1.45. The fraction of sp³-hybridized carbons (Fsp3) is 0.0345. The summed E-state index contributed by atoms with van der Waals surface area (Å²) in [5.41, 5.74) is 6.70. The maximum atomic E-state index is 4.76. The molecule has 0 spiro atoms. The summed E-state index contributed by atoms with van der Waals surface area (Å²) in [6.45, 7) is 2.10. The molecule has 0 amide bonds. The molecule has 0 saturated heterocycles. The molecule has 166 valence electrons. The Morgan fingerprint density at radius 3 is 1.83 bits per heavy atom. The van der Waals surface area contributed by atoms with Crippen LogP contribution in [0.1, 0.15) is 5.56 Å². The number of pyridine rings is 3. The van der Waals surface area contributed by atoms with Crippen molar-refractivity contribution in [3.05, 3.63) is 109 Å². The first kappa shape index (κ1) is 20.7. The second-order valence-electron chi connectivity index (χ2n) is 8.18. The van der Waals surface area contributed by atoms with Crippen molar-refractivity contribution in [1.29, 1.82) is 0 Å². The first-order chi connectivity index (χ1) is 17.2. The summed E-state index contributed by atoms with van der Waals surface area (Å²) in [5.74, 6) is 1.61. The summed E-state index contributed by atoms with van der Waals surface area (Å²) in [6.07, 6.45) is 5.28. The first-order valence-corrected chi connectivity index (χ1v) is 11.3. The molecule has 6 nitrogen and oxygen atoms in total. The van der Waals surface area contributed by atoms with E-state index in [2.05, 4.69) is 69.3 Å². The van der Waals surface area contributed by atoms with Gasteiger partial charge in [0.05, 0.1) is 5.52 Å². The van der Waals surface area contributed by atoms with Gasteiger partial charge in [0.15, 0.2) is 17.5 Å². The smallest absolute Gasteiger partial charge is 0.182 e. The lowest BCUT2D eigenvalue weighted by atomic mass is 9.97. The highest BCUT2D eigenvalue weighted by molar-refractivity contribution is 5.85. The zero-order valence-electron chi connectivity index (χ0n) is 19.0. The van der Waals surface area contributed by atoms with Gasteiger partial charge in [-0.2, -0.15) is 0 Å². The molecule has 6 aromatic rings. The Morgan fingerprint density at radius 1 is 0.514 bits per heavy atom. The van der Waals surface area contributed by atoms with Crippen molar-refractivity contribution in [2.45, 2.75) is 6.92 Å². The number of aromatic nitrogens is 6. The van der Waals surface area contributed by atoms with E-state index in [1.54, 1.807) is 12.4 Å². The van der Waals surface area contributed by atoms with Crippen LogP contribution in [0.25, 0.3) is 56.5 Å². The van der Waals surface area contributed by atoms with E-state index in [9.17, 15) is 0 Å². The van der Waals surface area contributed by atoms with E-state index in [-0.39, 0.29) is 0 Å². The van der Waals surface area contributed by atoms with E-state index >= 15 is 0 Å². The third kappa shape index (κ3) is 4.13. The standard InChI is InChI=1S/C29H20N6/c1-19-17-22(10-12-23(19)20-11-13-24-21(18-20)7-6-16-30-24)27-33-28(25-8-2-4-14-31-25)35-29(34-27)26-9-3-5-15-32-26/h2-18H,1H3. The molecular weight excluding hydrogens is 432 g/mol. The number of hydrogen-bond acceptors (Lipinski definition) is 6. The predicted molar refractivity (Wildman–Crippen MR) is 137 cm³/mol. The van der Waals surface area contributed by atoms with Gasteiger partial charge in [0.1, 0.15) is 11.4 Å². The van der Waals surface area contributed by atoms with Crippen molar-refractivity contribution in [3.8, 4) is 45.6 Å². The molecule has 35 heavy (non-hydrogen) atoms. The van der Waals surface area contributed by atoms with E-state index in [0.717, 1.165) is 33.2 Å². The third-order valence-corrected chi connectivity index (χ3v) is 5.82. The predicted octanol–water partition coefficient (Wildman–Crippen LogP) is 6.19. The molecule has 6 heteroatoms. The molecule has 0 aliphatic carbocycles. The molecule has 0 saturated carbocycles. The van der Waals surface area contributed by atoms with E-state index in [1.807, 2.05) is 48.7 Å². The number of benzene rings is 2. The topological polar surface area (TPSA) is 77.3 Å². The third-order valence-electron chi connectivity index (χ3n) is 5.82. The second-order valence-corrected chi connectivity index (χ2v) is 8.18. The van der Waals surface area contributed by atoms with E-state index < -0.39 is 0 Å². The number of fused-ring (bicyclic) bond motifs is 1. The van der Waals surface area contributed by atoms with Gasteiger partial charge < -0.3 is 0 Å². The van der Waals surface area contributed by atoms with Crippen molar-refractivity contribution >= 4 is 10.9 Å². The second kappa shape index (κ2) is 8.83. The van der Waals surface area contributed by atoms with Crippen LogP contribution in [-0.2, 0) is 0 Å². The zero-order chi connectivity index (χ0) is 23.6. The normalized spacial score (nSPS) is 11.0. The molecule has 0 N–H and O–H groups in total. The van der Waals surface area contributed by atoms with Gasteiger partial charge in [0, 0.05) is 29.5 Å². The lowest BCUT2D eigenvalue weighted by Crippen LogP contribution is -2.02. The highest BCUT2D eigenvalue weighted by atomic mass is 15.1. The minimum absolute atomic E-state index is 0.514. The number of nitrogens with zero attached hydrogens (tertiary/aromatic N) is 6. The molecule has 4 heterocycles. The van der Waals surface area contributed by atoms with Gasteiger partial charge in [-0.25, -0.2) is 15.0 Å². The average molecular weight is 453 g/mol. The van der Waals surface area contributed by atoms with E-state index in [4.69, 9.17) is 9.97 Å². The van der Waals surface area contributed by atoms with Gasteiger partial charge in [-0.15, -0.1) is 0 Å². The number of rotatable bonds is 4.